The van der Waals surface area contributed by atoms with Crippen molar-refractivity contribution in [3.8, 4) is 0 Å². The highest BCUT2D eigenvalue weighted by Gasteiger charge is 2.62. The molecule has 0 radical (unpaired) electrons. The Balaban J connectivity index is 1.12. The highest BCUT2D eigenvalue weighted by molar-refractivity contribution is 9.10. The second kappa shape index (κ2) is 9.03. The molecular weight excluding hydrogens is 516 g/mol. The van der Waals surface area contributed by atoms with Crippen molar-refractivity contribution >= 4 is 27.3 Å². The van der Waals surface area contributed by atoms with Crippen LogP contribution in [0.3, 0.4) is 0 Å². The lowest BCUT2D eigenvalue weighted by Gasteiger charge is -2.62. The maximum absolute atomic E-state index is 12.4. The summed E-state index contributed by atoms with van der Waals surface area (Å²) in [4.78, 5) is 24.5. The maximum atomic E-state index is 12.4. The van der Waals surface area contributed by atoms with Crippen molar-refractivity contribution in [3.05, 3.63) is 40.9 Å². The first kappa shape index (κ1) is 25.3. The van der Waals surface area contributed by atoms with E-state index in [-0.39, 0.29) is 17.4 Å². The van der Waals surface area contributed by atoms with E-state index >= 15 is 0 Å². The summed E-state index contributed by atoms with van der Waals surface area (Å²) in [5, 5.41) is 0. The molecule has 0 amide bonds. The molecule has 4 saturated carbocycles. The predicted octanol–water partition coefficient (Wildman–Crippen LogP) is 7.75. The van der Waals surface area contributed by atoms with Gasteiger partial charge in [0, 0.05) is 23.2 Å². The smallest absolute Gasteiger partial charge is 0.202 e. The molecule has 4 aliphatic carbocycles. The van der Waals surface area contributed by atoms with Crippen molar-refractivity contribution in [2.45, 2.75) is 90.4 Å². The van der Waals surface area contributed by atoms with Gasteiger partial charge in [0.15, 0.2) is 0 Å². The Hall–Kier alpha value is -1.01. The molecule has 0 aromatic heterocycles. The van der Waals surface area contributed by atoms with E-state index < -0.39 is 5.79 Å². The van der Waals surface area contributed by atoms with E-state index in [1.165, 1.54) is 32.1 Å². The summed E-state index contributed by atoms with van der Waals surface area (Å²) in [5.74, 6) is 2.92. The average molecular weight is 558 g/mol. The summed E-state index contributed by atoms with van der Waals surface area (Å²) in [6, 6.07) is 8.13. The lowest BCUT2D eigenvalue weighted by molar-refractivity contribution is -0.489. The van der Waals surface area contributed by atoms with Gasteiger partial charge in [0.05, 0.1) is 6.61 Å². The lowest BCUT2D eigenvalue weighted by Crippen LogP contribution is -2.58. The third-order valence-corrected chi connectivity index (χ3v) is 12.1. The van der Waals surface area contributed by atoms with Crippen LogP contribution in [0.5, 0.6) is 0 Å². The minimum Gasteiger partial charge on any atom is -0.344 e. The molecule has 1 saturated heterocycles. The van der Waals surface area contributed by atoms with E-state index in [9.17, 15) is 4.79 Å². The lowest BCUT2D eigenvalue weighted by atomic mass is 9.44. The van der Waals surface area contributed by atoms with Crippen molar-refractivity contribution in [2.24, 2.45) is 40.4 Å². The van der Waals surface area contributed by atoms with Crippen LogP contribution in [0.1, 0.15) is 84.1 Å². The van der Waals surface area contributed by atoms with Gasteiger partial charge in [-0.3, -0.25) is 4.79 Å². The number of benzene rings is 1. The third kappa shape index (κ3) is 3.90. The molecule has 1 aromatic rings. The summed E-state index contributed by atoms with van der Waals surface area (Å²) in [7, 11) is 0. The average Bonchev–Trinajstić information content (AvgIpc) is 3.23. The summed E-state index contributed by atoms with van der Waals surface area (Å²) in [6.45, 7) is 11.6. The largest absolute Gasteiger partial charge is 0.344 e. The highest BCUT2D eigenvalue weighted by atomic mass is 79.9. The molecule has 0 unspecified atom stereocenters. The summed E-state index contributed by atoms with van der Waals surface area (Å²) >= 11 is 3.49. The van der Waals surface area contributed by atoms with E-state index in [0.29, 0.717) is 23.7 Å². The molecule has 1 aromatic carbocycles. The number of hydrogen-bond donors (Lipinski definition) is 0. The Kier molecular flexibility index (Phi) is 6.34. The number of carbonyl (C=O) groups is 1. The van der Waals surface area contributed by atoms with E-state index in [1.807, 2.05) is 31.2 Å². The van der Waals surface area contributed by atoms with Crippen LogP contribution in [0.25, 0.3) is 5.57 Å². The second-order valence-corrected chi connectivity index (χ2v) is 14.0. The summed E-state index contributed by atoms with van der Waals surface area (Å²) in [5.41, 5.74) is 2.49. The molecule has 5 heteroatoms. The summed E-state index contributed by atoms with van der Waals surface area (Å²) < 4.78 is 7.53. The minimum absolute atomic E-state index is 0.224. The van der Waals surface area contributed by atoms with Gasteiger partial charge in [0.2, 0.25) is 5.79 Å². The van der Waals surface area contributed by atoms with Crippen molar-refractivity contribution in [3.63, 3.8) is 0 Å². The zero-order valence-electron chi connectivity index (χ0n) is 22.1. The number of ether oxygens (including phenoxy) is 1. The molecule has 0 bridgehead atoms. The van der Waals surface area contributed by atoms with E-state index in [0.717, 1.165) is 59.0 Å². The van der Waals surface area contributed by atoms with Gasteiger partial charge in [0.1, 0.15) is 11.9 Å². The normalized spacial score (nSPS) is 46.0. The number of Topliss-reactive ketones (excluding diaryl/α,β-unsaturated/α-hetero) is 1. The molecule has 9 atom stereocenters. The number of ketones is 1. The molecule has 5 aliphatic rings. The molecule has 1 aliphatic heterocycles. The van der Waals surface area contributed by atoms with Gasteiger partial charge in [-0.2, -0.15) is 0 Å². The van der Waals surface area contributed by atoms with Crippen molar-refractivity contribution < 1.29 is 19.3 Å². The monoisotopic (exact) mass is 556 g/mol. The Morgan fingerprint density at radius 1 is 0.972 bits per heavy atom. The van der Waals surface area contributed by atoms with Crippen molar-refractivity contribution in [2.75, 3.05) is 6.61 Å². The Morgan fingerprint density at radius 3 is 2.42 bits per heavy atom. The zero-order valence-corrected chi connectivity index (χ0v) is 23.6. The first-order valence-corrected chi connectivity index (χ1v) is 14.9. The fraction of sp³-hybridized carbons (Fsp3) is 0.710. The molecule has 6 rings (SSSR count). The van der Waals surface area contributed by atoms with Crippen molar-refractivity contribution in [1.29, 1.82) is 0 Å². The van der Waals surface area contributed by atoms with Crippen LogP contribution >= 0.6 is 15.9 Å². The van der Waals surface area contributed by atoms with Crippen LogP contribution in [0.2, 0.25) is 0 Å². The van der Waals surface area contributed by atoms with Gasteiger partial charge < -0.3 is 4.74 Å². The fourth-order valence-corrected chi connectivity index (χ4v) is 9.77. The molecule has 36 heavy (non-hydrogen) atoms. The minimum atomic E-state index is -0.621. The van der Waals surface area contributed by atoms with Crippen LogP contribution in [0.4, 0.5) is 0 Å². The second-order valence-electron chi connectivity index (χ2n) is 13.1. The van der Waals surface area contributed by atoms with Gasteiger partial charge in [-0.05, 0) is 110 Å². The van der Waals surface area contributed by atoms with Crippen LogP contribution in [-0.2, 0) is 19.3 Å². The van der Waals surface area contributed by atoms with E-state index in [1.54, 1.807) is 0 Å². The first-order valence-electron chi connectivity index (χ1n) is 14.1. The fourth-order valence-electron chi connectivity index (χ4n) is 9.51. The van der Waals surface area contributed by atoms with Gasteiger partial charge in [0.25, 0.3) is 0 Å². The Labute approximate surface area is 224 Å². The maximum Gasteiger partial charge on any atom is 0.202 e. The number of hydrogen-bond acceptors (Lipinski definition) is 4. The van der Waals surface area contributed by atoms with E-state index in [2.05, 4.69) is 36.4 Å². The van der Waals surface area contributed by atoms with Crippen molar-refractivity contribution in [1.82, 2.24) is 0 Å². The number of rotatable bonds is 3. The third-order valence-electron chi connectivity index (χ3n) is 11.6. The molecule has 5 fully saturated rings. The van der Waals surface area contributed by atoms with Crippen LogP contribution in [0.15, 0.2) is 35.3 Å². The zero-order chi connectivity index (χ0) is 25.3. The van der Waals surface area contributed by atoms with Crippen LogP contribution < -0.4 is 0 Å². The van der Waals surface area contributed by atoms with Gasteiger partial charge in [-0.25, -0.2) is 9.78 Å². The molecule has 196 valence electrons. The quantitative estimate of drug-likeness (QED) is 0.357. The molecular formula is C31H41BrO4. The summed E-state index contributed by atoms with van der Waals surface area (Å²) in [6.07, 6.45) is 10.0. The van der Waals surface area contributed by atoms with Gasteiger partial charge in [-0.15, -0.1) is 0 Å². The highest BCUT2D eigenvalue weighted by Crippen LogP contribution is 2.68. The molecule has 1 heterocycles. The number of halogens is 1. The number of fused-ring (bicyclic) bond motifs is 5. The van der Waals surface area contributed by atoms with Crippen LogP contribution in [0, 0.1) is 40.4 Å². The van der Waals surface area contributed by atoms with E-state index in [4.69, 9.17) is 14.5 Å². The molecule has 1 spiro atoms. The standard InChI is InChI=1S/C31H41BrO4/c1-19(21-5-8-23(32)9-6-21)28-18-34-31(36-35-28)16-15-29(3)22(17-31)7-10-24-26-12-11-25(20(2)33)30(26,4)14-13-27(24)29/h5-6,8-9,22,24-28H,1,7,10-18H2,2-4H3/t22-,24+,25-,26+,27+,28+,29+,30-,31+/m1/s1. The van der Waals surface area contributed by atoms with Gasteiger partial charge >= 0.3 is 0 Å². The Bertz CT molecular complexity index is 1030. The molecule has 0 N–H and O–H groups in total. The SMILES string of the molecule is C=C(c1ccc(Br)cc1)[C@@H]1CO[C@@]2(CC[C@@]3(C)[C@H](CC[C@@H]4[C@@H]3CC[C@]3(C)[C@@H](C(C)=O)CC[C@@H]43)C2)OO1. The first-order chi connectivity index (χ1) is 17.2. The predicted molar refractivity (Wildman–Crippen MR) is 144 cm³/mol. The van der Waals surface area contributed by atoms with Gasteiger partial charge in [-0.1, -0.05) is 48.5 Å². The number of carbonyl (C=O) groups excluding carboxylic acids is 1. The molecule has 4 nitrogen and oxygen atoms in total. The Morgan fingerprint density at radius 2 is 1.72 bits per heavy atom. The topological polar surface area (TPSA) is 44.8 Å². The van der Waals surface area contributed by atoms with Crippen LogP contribution in [-0.4, -0.2) is 24.3 Å².